The van der Waals surface area contributed by atoms with Crippen molar-refractivity contribution >= 4 is 16.7 Å². The monoisotopic (exact) mass is 220 g/mol. The maximum absolute atomic E-state index is 11.2. The minimum atomic E-state index is -0.830. The van der Waals surface area contributed by atoms with Crippen LogP contribution in [0, 0.1) is 0 Å². The van der Waals surface area contributed by atoms with Gasteiger partial charge in [-0.15, -0.1) is 0 Å². The summed E-state index contributed by atoms with van der Waals surface area (Å²) in [5.41, 5.74) is 5.55. The van der Waals surface area contributed by atoms with E-state index in [4.69, 9.17) is 5.73 Å². The number of nitrogens with two attached hydrogens (primary N) is 1. The van der Waals surface area contributed by atoms with Crippen LogP contribution in [0.25, 0.3) is 0 Å². The first-order chi connectivity index (χ1) is 6.52. The lowest BCUT2D eigenvalue weighted by Crippen LogP contribution is -2.27. The predicted octanol–water partition coefficient (Wildman–Crippen LogP) is -0.00140. The van der Waals surface area contributed by atoms with Crippen molar-refractivity contribution in [3.63, 3.8) is 0 Å². The van der Waals surface area contributed by atoms with Gasteiger partial charge in [-0.05, 0) is 19.8 Å². The Morgan fingerprint density at radius 3 is 2.71 bits per heavy atom. The Morgan fingerprint density at radius 2 is 2.21 bits per heavy atom. The van der Waals surface area contributed by atoms with Crippen molar-refractivity contribution in [1.29, 1.82) is 0 Å². The molecule has 2 atom stereocenters. The number of hydrogen-bond donors (Lipinski definition) is 2. The van der Waals surface area contributed by atoms with Crippen molar-refractivity contribution in [2.24, 2.45) is 5.73 Å². The molecule has 0 fully saturated rings. The van der Waals surface area contributed by atoms with Gasteiger partial charge in [0.05, 0.1) is 0 Å². The predicted molar refractivity (Wildman–Crippen MR) is 59.4 cm³/mol. The lowest BCUT2D eigenvalue weighted by atomic mass is 10.1. The van der Waals surface area contributed by atoms with Gasteiger partial charge >= 0.3 is 0 Å². The molecule has 0 rings (SSSR count). The van der Waals surface area contributed by atoms with E-state index in [2.05, 4.69) is 5.32 Å². The second-order valence-corrected chi connectivity index (χ2v) is 5.05. The largest absolute Gasteiger partial charge is 0.355 e. The molecule has 0 bridgehead atoms. The Bertz CT molecular complexity index is 195. The molecule has 2 unspecified atom stereocenters. The maximum Gasteiger partial charge on any atom is 0.220 e. The molecule has 0 aliphatic rings. The number of carbonyl (C=O) groups is 1. The third-order valence-electron chi connectivity index (χ3n) is 1.77. The van der Waals surface area contributed by atoms with Crippen LogP contribution in [0.1, 0.15) is 26.2 Å². The maximum atomic E-state index is 11.2. The molecule has 14 heavy (non-hydrogen) atoms. The summed E-state index contributed by atoms with van der Waals surface area (Å²) in [6.45, 7) is 2.43. The zero-order valence-electron chi connectivity index (χ0n) is 8.91. The Labute approximate surface area is 88.1 Å². The van der Waals surface area contributed by atoms with E-state index in [0.717, 1.165) is 12.8 Å². The van der Waals surface area contributed by atoms with Gasteiger partial charge in [0.2, 0.25) is 5.91 Å². The first-order valence-corrected chi connectivity index (χ1v) is 6.57. The quantitative estimate of drug-likeness (QED) is 0.634. The van der Waals surface area contributed by atoms with Crippen molar-refractivity contribution in [2.75, 3.05) is 18.6 Å². The van der Waals surface area contributed by atoms with Gasteiger partial charge in [-0.1, -0.05) is 0 Å². The zero-order chi connectivity index (χ0) is 11.0. The average molecular weight is 220 g/mol. The molecule has 3 N–H and O–H groups in total. The van der Waals surface area contributed by atoms with Crippen LogP contribution >= 0.6 is 0 Å². The van der Waals surface area contributed by atoms with Gasteiger partial charge in [-0.25, -0.2) is 0 Å². The van der Waals surface area contributed by atoms with Crippen LogP contribution in [0.3, 0.4) is 0 Å². The van der Waals surface area contributed by atoms with Crippen molar-refractivity contribution in [3.8, 4) is 0 Å². The minimum Gasteiger partial charge on any atom is -0.355 e. The van der Waals surface area contributed by atoms with Gasteiger partial charge in [0.25, 0.3) is 0 Å². The molecule has 0 saturated carbocycles. The lowest BCUT2D eigenvalue weighted by molar-refractivity contribution is -0.121. The van der Waals surface area contributed by atoms with Crippen LogP contribution in [0.15, 0.2) is 0 Å². The van der Waals surface area contributed by atoms with Crippen LogP contribution in [0.4, 0.5) is 0 Å². The molecule has 0 aromatic rings. The van der Waals surface area contributed by atoms with Crippen molar-refractivity contribution in [1.82, 2.24) is 5.32 Å². The topological polar surface area (TPSA) is 72.2 Å². The minimum absolute atomic E-state index is 0.0242. The smallest absolute Gasteiger partial charge is 0.220 e. The molecular formula is C9H20N2O2S. The first kappa shape index (κ1) is 13.6. The molecule has 84 valence electrons. The third-order valence-corrected chi connectivity index (χ3v) is 2.55. The highest BCUT2D eigenvalue weighted by Gasteiger charge is 2.02. The lowest BCUT2D eigenvalue weighted by Gasteiger charge is -2.05. The van der Waals surface area contributed by atoms with E-state index in [1.165, 1.54) is 0 Å². The van der Waals surface area contributed by atoms with Gasteiger partial charge in [0, 0.05) is 41.8 Å². The molecule has 0 aromatic heterocycles. The van der Waals surface area contributed by atoms with E-state index in [1.54, 1.807) is 6.26 Å². The highest BCUT2D eigenvalue weighted by Crippen LogP contribution is 1.97. The van der Waals surface area contributed by atoms with Gasteiger partial charge in [0.15, 0.2) is 0 Å². The number of carbonyl (C=O) groups excluding carboxylic acids is 1. The fourth-order valence-electron chi connectivity index (χ4n) is 1.01. The SMILES string of the molecule is CC(N)CCCC(=O)NCCS(C)=O. The standard InChI is InChI=1S/C9H20N2O2S/c1-8(10)4-3-5-9(12)11-6-7-14(2)13/h8H,3-7,10H2,1-2H3,(H,11,12). The molecule has 4 nitrogen and oxygen atoms in total. The van der Waals surface area contributed by atoms with Crippen LogP contribution < -0.4 is 11.1 Å². The molecular weight excluding hydrogens is 200 g/mol. The van der Waals surface area contributed by atoms with Gasteiger partial charge in [-0.3, -0.25) is 9.00 Å². The summed E-state index contributed by atoms with van der Waals surface area (Å²) >= 11 is 0. The fourth-order valence-corrected chi connectivity index (χ4v) is 1.40. The van der Waals surface area contributed by atoms with Crippen molar-refractivity contribution in [2.45, 2.75) is 32.2 Å². The van der Waals surface area contributed by atoms with E-state index < -0.39 is 10.8 Å². The molecule has 0 aromatic carbocycles. The summed E-state index contributed by atoms with van der Waals surface area (Å²) in [7, 11) is -0.830. The third kappa shape index (κ3) is 9.67. The van der Waals surface area contributed by atoms with Crippen LogP contribution in [-0.4, -0.2) is 34.7 Å². The summed E-state index contributed by atoms with van der Waals surface area (Å²) in [6.07, 6.45) is 3.83. The van der Waals surface area contributed by atoms with Crippen molar-refractivity contribution in [3.05, 3.63) is 0 Å². The van der Waals surface area contributed by atoms with Gasteiger partial charge in [0.1, 0.15) is 0 Å². The summed E-state index contributed by atoms with van der Waals surface area (Å²) in [5.74, 6) is 0.551. The Balaban J connectivity index is 3.33. The summed E-state index contributed by atoms with van der Waals surface area (Å²) < 4.78 is 10.7. The van der Waals surface area contributed by atoms with Crippen molar-refractivity contribution < 1.29 is 9.00 Å². The summed E-state index contributed by atoms with van der Waals surface area (Å²) in [5, 5.41) is 2.71. The van der Waals surface area contributed by atoms with E-state index in [9.17, 15) is 9.00 Å². The average Bonchev–Trinajstić information content (AvgIpc) is 2.02. The highest BCUT2D eigenvalue weighted by atomic mass is 32.2. The Kier molecular flexibility index (Phi) is 7.70. The van der Waals surface area contributed by atoms with E-state index in [0.29, 0.717) is 18.7 Å². The first-order valence-electron chi connectivity index (χ1n) is 4.84. The second-order valence-electron chi connectivity index (χ2n) is 3.50. The normalized spacial score (nSPS) is 14.8. The molecule has 5 heteroatoms. The van der Waals surface area contributed by atoms with Crippen LogP contribution in [0.5, 0.6) is 0 Å². The fraction of sp³-hybridized carbons (Fsp3) is 0.889. The second kappa shape index (κ2) is 7.94. The van der Waals surface area contributed by atoms with E-state index >= 15 is 0 Å². The van der Waals surface area contributed by atoms with Gasteiger partial charge in [-0.2, -0.15) is 0 Å². The zero-order valence-corrected chi connectivity index (χ0v) is 9.73. The molecule has 0 radical (unpaired) electrons. The Hall–Kier alpha value is -0.420. The summed E-state index contributed by atoms with van der Waals surface area (Å²) in [6, 6.07) is 0.158. The molecule has 0 aliphatic heterocycles. The highest BCUT2D eigenvalue weighted by molar-refractivity contribution is 7.84. The van der Waals surface area contributed by atoms with Crippen LogP contribution in [-0.2, 0) is 15.6 Å². The molecule has 0 saturated heterocycles. The number of hydrogen-bond acceptors (Lipinski definition) is 3. The molecule has 0 aliphatic carbocycles. The number of amides is 1. The Morgan fingerprint density at radius 1 is 1.57 bits per heavy atom. The molecule has 1 amide bonds. The van der Waals surface area contributed by atoms with E-state index in [1.807, 2.05) is 6.92 Å². The van der Waals surface area contributed by atoms with E-state index in [-0.39, 0.29) is 11.9 Å². The number of rotatable bonds is 7. The number of nitrogens with one attached hydrogen (secondary N) is 1. The van der Waals surface area contributed by atoms with Crippen LogP contribution in [0.2, 0.25) is 0 Å². The summed E-state index contributed by atoms with van der Waals surface area (Å²) in [4.78, 5) is 11.2. The van der Waals surface area contributed by atoms with Gasteiger partial charge < -0.3 is 11.1 Å². The molecule has 0 heterocycles. The molecule has 0 spiro atoms.